The number of H-pyrrole nitrogens is 1. The van der Waals surface area contributed by atoms with Crippen LogP contribution in [0.1, 0.15) is 10.4 Å². The minimum atomic E-state index is -3.80. The van der Waals surface area contributed by atoms with Gasteiger partial charge in [0.1, 0.15) is 0 Å². The van der Waals surface area contributed by atoms with Crippen molar-refractivity contribution in [3.05, 3.63) is 30.0 Å². The van der Waals surface area contributed by atoms with Crippen LogP contribution in [0.3, 0.4) is 0 Å². The highest BCUT2D eigenvalue weighted by Crippen LogP contribution is 2.24. The molecule has 108 valence electrons. The fourth-order valence-electron chi connectivity index (χ4n) is 1.83. The smallest absolute Gasteiger partial charge is 0.335 e. The monoisotopic (exact) mass is 298 g/mol. The third kappa shape index (κ3) is 2.82. The first-order chi connectivity index (χ1) is 9.45. The number of hydrogen-bond acceptors (Lipinski definition) is 4. The lowest BCUT2D eigenvalue weighted by Gasteiger charge is -2.08. The number of aromatic nitrogens is 1. The molecule has 0 fully saturated rings. The fraction of sp³-hybridized carbons (Fsp3) is 0.250. The molecule has 2 rings (SSSR count). The molecule has 0 saturated carbocycles. The van der Waals surface area contributed by atoms with Gasteiger partial charge < -0.3 is 14.8 Å². The molecule has 0 saturated heterocycles. The van der Waals surface area contributed by atoms with E-state index in [2.05, 4.69) is 9.71 Å². The van der Waals surface area contributed by atoms with Gasteiger partial charge >= 0.3 is 5.97 Å². The van der Waals surface area contributed by atoms with E-state index in [9.17, 15) is 13.2 Å². The SMILES string of the molecule is COCCNS(=O)(=O)c1cc(C(=O)O)cc2[nH]ccc12. The number of carbonyl (C=O) groups is 1. The average Bonchev–Trinajstić information content (AvgIpc) is 2.85. The number of ether oxygens (including phenoxy) is 1. The zero-order chi connectivity index (χ0) is 14.8. The van der Waals surface area contributed by atoms with E-state index in [1.807, 2.05) is 0 Å². The van der Waals surface area contributed by atoms with Crippen LogP contribution in [-0.4, -0.2) is 44.7 Å². The quantitative estimate of drug-likeness (QED) is 0.683. The second-order valence-electron chi connectivity index (χ2n) is 4.11. The van der Waals surface area contributed by atoms with Crippen LogP contribution in [0.5, 0.6) is 0 Å². The molecule has 8 heteroatoms. The number of carboxylic acid groups (broad SMARTS) is 1. The van der Waals surface area contributed by atoms with E-state index in [0.717, 1.165) is 6.07 Å². The summed E-state index contributed by atoms with van der Waals surface area (Å²) >= 11 is 0. The number of sulfonamides is 1. The number of rotatable bonds is 6. The minimum Gasteiger partial charge on any atom is -0.478 e. The molecule has 0 aliphatic rings. The Bertz CT molecular complexity index is 735. The molecule has 0 aliphatic carbocycles. The summed E-state index contributed by atoms with van der Waals surface area (Å²) < 4.78 is 31.6. The molecule has 0 aliphatic heterocycles. The van der Waals surface area contributed by atoms with Crippen LogP contribution in [0.25, 0.3) is 10.9 Å². The lowest BCUT2D eigenvalue weighted by atomic mass is 10.1. The average molecular weight is 298 g/mol. The largest absolute Gasteiger partial charge is 0.478 e. The van der Waals surface area contributed by atoms with Crippen molar-refractivity contribution in [1.29, 1.82) is 0 Å². The van der Waals surface area contributed by atoms with Gasteiger partial charge in [0.15, 0.2) is 0 Å². The second kappa shape index (κ2) is 5.61. The summed E-state index contributed by atoms with van der Waals surface area (Å²) in [4.78, 5) is 13.8. The Morgan fingerprint density at radius 2 is 2.20 bits per heavy atom. The van der Waals surface area contributed by atoms with E-state index in [1.165, 1.54) is 13.2 Å². The Morgan fingerprint density at radius 1 is 1.45 bits per heavy atom. The zero-order valence-electron chi connectivity index (χ0n) is 10.7. The first-order valence-corrected chi connectivity index (χ1v) is 7.27. The molecule has 0 spiro atoms. The van der Waals surface area contributed by atoms with Crippen LogP contribution in [0, 0.1) is 0 Å². The van der Waals surface area contributed by atoms with Gasteiger partial charge in [-0.05, 0) is 18.2 Å². The maximum atomic E-state index is 12.2. The van der Waals surface area contributed by atoms with Crippen molar-refractivity contribution in [2.24, 2.45) is 0 Å². The Labute approximate surface area is 115 Å². The lowest BCUT2D eigenvalue weighted by molar-refractivity contribution is 0.0697. The summed E-state index contributed by atoms with van der Waals surface area (Å²) in [5.41, 5.74) is 0.365. The molecule has 2 aromatic rings. The van der Waals surface area contributed by atoms with Crippen LogP contribution in [-0.2, 0) is 14.8 Å². The summed E-state index contributed by atoms with van der Waals surface area (Å²) in [7, 11) is -2.34. The predicted octanol–water partition coefficient (Wildman–Crippen LogP) is 0.791. The van der Waals surface area contributed by atoms with Gasteiger partial charge in [-0.3, -0.25) is 0 Å². The molecular formula is C12H14N2O5S. The Kier molecular flexibility index (Phi) is 4.07. The van der Waals surface area contributed by atoms with Crippen molar-refractivity contribution in [2.75, 3.05) is 20.3 Å². The van der Waals surface area contributed by atoms with Crippen molar-refractivity contribution in [3.8, 4) is 0 Å². The van der Waals surface area contributed by atoms with E-state index in [0.29, 0.717) is 10.9 Å². The lowest BCUT2D eigenvalue weighted by Crippen LogP contribution is -2.27. The molecule has 0 atom stereocenters. The Balaban J connectivity index is 2.51. The minimum absolute atomic E-state index is 0.0650. The van der Waals surface area contributed by atoms with Crippen LogP contribution in [0.4, 0.5) is 0 Å². The molecule has 7 nitrogen and oxygen atoms in total. The number of methoxy groups -OCH3 is 1. The summed E-state index contributed by atoms with van der Waals surface area (Å²) in [6, 6.07) is 4.13. The van der Waals surface area contributed by atoms with Gasteiger partial charge in [0.25, 0.3) is 0 Å². The molecular weight excluding hydrogens is 284 g/mol. The molecule has 0 bridgehead atoms. The van der Waals surface area contributed by atoms with E-state index < -0.39 is 16.0 Å². The summed E-state index contributed by atoms with van der Waals surface area (Å²) in [5, 5.41) is 9.48. The molecule has 1 aromatic heterocycles. The van der Waals surface area contributed by atoms with Gasteiger partial charge in [0.2, 0.25) is 10.0 Å². The first-order valence-electron chi connectivity index (χ1n) is 5.79. The van der Waals surface area contributed by atoms with Crippen LogP contribution >= 0.6 is 0 Å². The Morgan fingerprint density at radius 3 is 2.85 bits per heavy atom. The number of carboxylic acids is 1. The molecule has 20 heavy (non-hydrogen) atoms. The predicted molar refractivity (Wildman–Crippen MR) is 72.3 cm³/mol. The molecule has 3 N–H and O–H groups in total. The highest BCUT2D eigenvalue weighted by atomic mass is 32.2. The second-order valence-corrected chi connectivity index (χ2v) is 5.84. The van der Waals surface area contributed by atoms with Crippen LogP contribution in [0.2, 0.25) is 0 Å². The van der Waals surface area contributed by atoms with Crippen molar-refractivity contribution >= 4 is 26.9 Å². The molecule has 1 aromatic carbocycles. The summed E-state index contributed by atoms with van der Waals surface area (Å²) in [6.45, 7) is 0.343. The van der Waals surface area contributed by atoms with Gasteiger partial charge in [0, 0.05) is 30.8 Å². The van der Waals surface area contributed by atoms with Crippen LogP contribution in [0.15, 0.2) is 29.3 Å². The van der Waals surface area contributed by atoms with Crippen LogP contribution < -0.4 is 4.72 Å². The molecule has 1 heterocycles. The van der Waals surface area contributed by atoms with Crippen molar-refractivity contribution in [3.63, 3.8) is 0 Å². The van der Waals surface area contributed by atoms with Crippen molar-refractivity contribution in [2.45, 2.75) is 4.90 Å². The number of nitrogens with one attached hydrogen (secondary N) is 2. The maximum Gasteiger partial charge on any atom is 0.335 e. The standard InChI is InChI=1S/C12H14N2O5S/c1-19-5-4-14-20(17,18)11-7-8(12(15)16)6-10-9(11)2-3-13-10/h2-3,6-7,13-14H,4-5H2,1H3,(H,15,16). The Hall–Kier alpha value is -1.90. The van der Waals surface area contributed by atoms with Crippen molar-refractivity contribution in [1.82, 2.24) is 9.71 Å². The number of aromatic amines is 1. The van der Waals surface area contributed by atoms with E-state index >= 15 is 0 Å². The van der Waals surface area contributed by atoms with Gasteiger partial charge in [0.05, 0.1) is 17.1 Å². The van der Waals surface area contributed by atoms with Gasteiger partial charge in [-0.2, -0.15) is 0 Å². The topological polar surface area (TPSA) is 108 Å². The molecule has 0 radical (unpaired) electrons. The fourth-order valence-corrected chi connectivity index (χ4v) is 3.09. The van der Waals surface area contributed by atoms with Gasteiger partial charge in [-0.25, -0.2) is 17.9 Å². The van der Waals surface area contributed by atoms with Gasteiger partial charge in [-0.15, -0.1) is 0 Å². The first kappa shape index (κ1) is 14.5. The number of fused-ring (bicyclic) bond motifs is 1. The number of benzene rings is 1. The number of hydrogen-bond donors (Lipinski definition) is 3. The molecule has 0 amide bonds. The van der Waals surface area contributed by atoms with Crippen molar-refractivity contribution < 1.29 is 23.1 Å². The zero-order valence-corrected chi connectivity index (χ0v) is 11.5. The normalized spacial score (nSPS) is 11.8. The van der Waals surface area contributed by atoms with E-state index in [1.54, 1.807) is 12.3 Å². The van der Waals surface area contributed by atoms with E-state index in [4.69, 9.17) is 9.84 Å². The van der Waals surface area contributed by atoms with E-state index in [-0.39, 0.29) is 23.6 Å². The summed E-state index contributed by atoms with van der Waals surface area (Å²) in [5.74, 6) is -1.19. The highest BCUT2D eigenvalue weighted by Gasteiger charge is 2.20. The molecule has 0 unspecified atom stereocenters. The number of aromatic carboxylic acids is 1. The maximum absolute atomic E-state index is 12.2. The summed E-state index contributed by atoms with van der Waals surface area (Å²) in [6.07, 6.45) is 1.56. The third-order valence-electron chi connectivity index (χ3n) is 2.77. The van der Waals surface area contributed by atoms with Gasteiger partial charge in [-0.1, -0.05) is 0 Å². The third-order valence-corrected chi connectivity index (χ3v) is 4.27. The highest BCUT2D eigenvalue weighted by molar-refractivity contribution is 7.89.